The lowest BCUT2D eigenvalue weighted by Crippen LogP contribution is -2.42. The van der Waals surface area contributed by atoms with E-state index < -0.39 is 5.41 Å². The molecule has 0 unspecified atom stereocenters. The molecule has 0 aromatic carbocycles. The van der Waals surface area contributed by atoms with Crippen LogP contribution in [-0.2, 0) is 11.2 Å². The van der Waals surface area contributed by atoms with Gasteiger partial charge in [0.1, 0.15) is 5.76 Å². The van der Waals surface area contributed by atoms with Crippen molar-refractivity contribution in [3.05, 3.63) is 24.2 Å². The fourth-order valence-electron chi connectivity index (χ4n) is 1.09. The Labute approximate surface area is 89.8 Å². The molecule has 0 aliphatic rings. The number of rotatable bonds is 5. The quantitative estimate of drug-likeness (QED) is 0.759. The van der Waals surface area contributed by atoms with Crippen molar-refractivity contribution in [2.45, 2.75) is 20.3 Å². The van der Waals surface area contributed by atoms with E-state index in [1.165, 1.54) is 0 Å². The Morgan fingerprint density at radius 1 is 1.60 bits per heavy atom. The molecule has 4 heteroatoms. The number of nitrogens with one attached hydrogen (secondary N) is 1. The number of carbonyl (C=O) groups excluding carboxylic acids is 1. The van der Waals surface area contributed by atoms with E-state index in [0.717, 1.165) is 5.76 Å². The number of nitrogens with two attached hydrogens (primary N) is 1. The maximum Gasteiger partial charge on any atom is 0.226 e. The molecule has 1 heterocycles. The van der Waals surface area contributed by atoms with Gasteiger partial charge in [0.15, 0.2) is 0 Å². The summed E-state index contributed by atoms with van der Waals surface area (Å²) < 4.78 is 5.15. The third-order valence-corrected chi connectivity index (χ3v) is 2.36. The van der Waals surface area contributed by atoms with E-state index in [-0.39, 0.29) is 5.91 Å². The predicted octanol–water partition coefficient (Wildman–Crippen LogP) is 0.923. The van der Waals surface area contributed by atoms with Crippen molar-refractivity contribution in [3.8, 4) is 0 Å². The standard InChI is InChI=1S/C11H18N2O2/c1-11(2,8-12)10(14)13-6-5-9-4-3-7-15-9/h3-4,7H,5-6,8,12H2,1-2H3,(H,13,14). The molecule has 0 aliphatic carbocycles. The highest BCUT2D eigenvalue weighted by atomic mass is 16.3. The van der Waals surface area contributed by atoms with Gasteiger partial charge >= 0.3 is 0 Å². The molecule has 84 valence electrons. The first-order chi connectivity index (χ1) is 7.06. The van der Waals surface area contributed by atoms with Gasteiger partial charge in [-0.2, -0.15) is 0 Å². The van der Waals surface area contributed by atoms with Crippen LogP contribution in [0.3, 0.4) is 0 Å². The highest BCUT2D eigenvalue weighted by molar-refractivity contribution is 5.81. The van der Waals surface area contributed by atoms with E-state index in [4.69, 9.17) is 10.2 Å². The molecule has 0 aliphatic heterocycles. The van der Waals surface area contributed by atoms with Gasteiger partial charge in [-0.1, -0.05) is 0 Å². The number of hydrogen-bond donors (Lipinski definition) is 2. The smallest absolute Gasteiger partial charge is 0.226 e. The number of furan rings is 1. The molecular formula is C11H18N2O2. The third kappa shape index (κ3) is 3.40. The highest BCUT2D eigenvalue weighted by Crippen LogP contribution is 2.12. The Hall–Kier alpha value is -1.29. The lowest BCUT2D eigenvalue weighted by molar-refractivity contribution is -0.128. The minimum Gasteiger partial charge on any atom is -0.469 e. The first-order valence-corrected chi connectivity index (χ1v) is 5.07. The first-order valence-electron chi connectivity index (χ1n) is 5.07. The molecular weight excluding hydrogens is 192 g/mol. The summed E-state index contributed by atoms with van der Waals surface area (Å²) in [6, 6.07) is 3.72. The molecule has 0 fully saturated rings. The zero-order valence-electron chi connectivity index (χ0n) is 9.25. The molecule has 1 rings (SSSR count). The summed E-state index contributed by atoms with van der Waals surface area (Å²) in [6.45, 7) is 4.58. The fraction of sp³-hybridized carbons (Fsp3) is 0.545. The SMILES string of the molecule is CC(C)(CN)C(=O)NCCc1ccco1. The van der Waals surface area contributed by atoms with Crippen LogP contribution in [-0.4, -0.2) is 19.0 Å². The van der Waals surface area contributed by atoms with Crippen molar-refractivity contribution < 1.29 is 9.21 Å². The molecule has 3 N–H and O–H groups in total. The minimum absolute atomic E-state index is 0.0171. The van der Waals surface area contributed by atoms with Crippen molar-refractivity contribution in [1.29, 1.82) is 0 Å². The summed E-state index contributed by atoms with van der Waals surface area (Å²) in [5.74, 6) is 0.859. The van der Waals surface area contributed by atoms with Gasteiger partial charge in [0.05, 0.1) is 11.7 Å². The van der Waals surface area contributed by atoms with E-state index in [9.17, 15) is 4.79 Å². The van der Waals surface area contributed by atoms with Gasteiger partial charge in [-0.25, -0.2) is 0 Å². The van der Waals surface area contributed by atoms with Crippen LogP contribution in [0.1, 0.15) is 19.6 Å². The Balaban J connectivity index is 2.29. The first kappa shape index (κ1) is 11.8. The van der Waals surface area contributed by atoms with Crippen molar-refractivity contribution in [3.63, 3.8) is 0 Å². The lowest BCUT2D eigenvalue weighted by Gasteiger charge is -2.20. The Kier molecular flexibility index (Phi) is 3.91. The van der Waals surface area contributed by atoms with E-state index in [2.05, 4.69) is 5.32 Å². The zero-order valence-corrected chi connectivity index (χ0v) is 9.25. The number of amides is 1. The summed E-state index contributed by atoms with van der Waals surface area (Å²) in [7, 11) is 0. The molecule has 15 heavy (non-hydrogen) atoms. The summed E-state index contributed by atoms with van der Waals surface area (Å²) in [5.41, 5.74) is 5.00. The van der Waals surface area contributed by atoms with Gasteiger partial charge in [0.2, 0.25) is 5.91 Å². The van der Waals surface area contributed by atoms with E-state index in [1.807, 2.05) is 26.0 Å². The third-order valence-electron chi connectivity index (χ3n) is 2.36. The molecule has 0 atom stereocenters. The summed E-state index contributed by atoms with van der Waals surface area (Å²) in [6.07, 6.45) is 2.33. The largest absolute Gasteiger partial charge is 0.469 e. The summed E-state index contributed by atoms with van der Waals surface area (Å²) >= 11 is 0. The normalized spacial score (nSPS) is 11.4. The van der Waals surface area contributed by atoms with Crippen molar-refractivity contribution in [2.75, 3.05) is 13.1 Å². The van der Waals surface area contributed by atoms with Crippen molar-refractivity contribution in [1.82, 2.24) is 5.32 Å². The van der Waals surface area contributed by atoms with Crippen LogP contribution in [0.5, 0.6) is 0 Å². The van der Waals surface area contributed by atoms with Crippen LogP contribution in [0.4, 0.5) is 0 Å². The van der Waals surface area contributed by atoms with Gasteiger partial charge in [0.25, 0.3) is 0 Å². The molecule has 0 spiro atoms. The van der Waals surface area contributed by atoms with Gasteiger partial charge in [0, 0.05) is 19.5 Å². The average molecular weight is 210 g/mol. The van der Waals surface area contributed by atoms with Gasteiger partial charge in [-0.3, -0.25) is 4.79 Å². The maximum atomic E-state index is 11.6. The monoisotopic (exact) mass is 210 g/mol. The molecule has 1 aromatic rings. The van der Waals surface area contributed by atoms with Crippen LogP contribution in [0.2, 0.25) is 0 Å². The van der Waals surface area contributed by atoms with Crippen LogP contribution in [0.15, 0.2) is 22.8 Å². The highest BCUT2D eigenvalue weighted by Gasteiger charge is 2.24. The molecule has 0 radical (unpaired) electrons. The molecule has 0 bridgehead atoms. The molecule has 1 amide bonds. The second-order valence-corrected chi connectivity index (χ2v) is 4.17. The maximum absolute atomic E-state index is 11.6. The Bertz CT molecular complexity index is 304. The molecule has 0 saturated heterocycles. The second kappa shape index (κ2) is 4.98. The summed E-state index contributed by atoms with van der Waals surface area (Å²) in [4.78, 5) is 11.6. The van der Waals surface area contributed by atoms with E-state index in [0.29, 0.717) is 19.5 Å². The lowest BCUT2D eigenvalue weighted by atomic mass is 9.93. The van der Waals surface area contributed by atoms with Crippen LogP contribution < -0.4 is 11.1 Å². The molecule has 0 saturated carbocycles. The van der Waals surface area contributed by atoms with Gasteiger partial charge in [-0.15, -0.1) is 0 Å². The number of hydrogen-bond acceptors (Lipinski definition) is 3. The van der Waals surface area contributed by atoms with Crippen LogP contribution in [0.25, 0.3) is 0 Å². The van der Waals surface area contributed by atoms with Crippen LogP contribution in [0, 0.1) is 5.41 Å². The van der Waals surface area contributed by atoms with Gasteiger partial charge in [-0.05, 0) is 26.0 Å². The van der Waals surface area contributed by atoms with E-state index in [1.54, 1.807) is 6.26 Å². The van der Waals surface area contributed by atoms with Crippen molar-refractivity contribution in [2.24, 2.45) is 11.1 Å². The zero-order chi connectivity index (χ0) is 11.3. The summed E-state index contributed by atoms with van der Waals surface area (Å²) in [5, 5.41) is 2.83. The predicted molar refractivity (Wildman–Crippen MR) is 58.3 cm³/mol. The molecule has 4 nitrogen and oxygen atoms in total. The second-order valence-electron chi connectivity index (χ2n) is 4.17. The number of carbonyl (C=O) groups is 1. The molecule has 1 aromatic heterocycles. The topological polar surface area (TPSA) is 68.3 Å². The Morgan fingerprint density at radius 2 is 2.33 bits per heavy atom. The van der Waals surface area contributed by atoms with E-state index >= 15 is 0 Å². The van der Waals surface area contributed by atoms with Crippen molar-refractivity contribution >= 4 is 5.91 Å². The average Bonchev–Trinajstić information content (AvgIpc) is 2.70. The minimum atomic E-state index is -0.497. The van der Waals surface area contributed by atoms with Gasteiger partial charge < -0.3 is 15.5 Å². The van der Waals surface area contributed by atoms with Crippen LogP contribution >= 0.6 is 0 Å². The fourth-order valence-corrected chi connectivity index (χ4v) is 1.09. The Morgan fingerprint density at radius 3 is 2.87 bits per heavy atom.